The van der Waals surface area contributed by atoms with Crippen molar-refractivity contribution in [2.45, 2.75) is 32.7 Å². The summed E-state index contributed by atoms with van der Waals surface area (Å²) in [4.78, 5) is 31.2. The lowest BCUT2D eigenvalue weighted by Gasteiger charge is -2.23. The van der Waals surface area contributed by atoms with Crippen molar-refractivity contribution in [3.05, 3.63) is 59.9 Å². The van der Waals surface area contributed by atoms with Gasteiger partial charge in [-0.05, 0) is 29.7 Å². The summed E-state index contributed by atoms with van der Waals surface area (Å²) in [7, 11) is 0. The van der Waals surface area contributed by atoms with Crippen molar-refractivity contribution in [1.82, 2.24) is 10.3 Å². The number of rotatable bonds is 3. The fraction of sp³-hybridized carbons (Fsp3) is 0.350. The van der Waals surface area contributed by atoms with Crippen LogP contribution in [0.25, 0.3) is 0 Å². The van der Waals surface area contributed by atoms with Gasteiger partial charge in [-0.3, -0.25) is 14.6 Å². The number of hydrogen-bond acceptors (Lipinski definition) is 3. The molecule has 1 N–H and O–H groups in total. The lowest BCUT2D eigenvalue weighted by molar-refractivity contribution is -0.138. The third kappa shape index (κ3) is 3.40. The van der Waals surface area contributed by atoms with Gasteiger partial charge in [0.05, 0.1) is 11.7 Å². The maximum absolute atomic E-state index is 12.7. The van der Waals surface area contributed by atoms with Gasteiger partial charge < -0.3 is 10.2 Å². The van der Waals surface area contributed by atoms with E-state index in [1.165, 1.54) is 0 Å². The molecule has 3 rings (SSSR count). The normalized spacial score (nSPS) is 17.3. The minimum atomic E-state index is -0.590. The van der Waals surface area contributed by atoms with E-state index < -0.39 is 11.8 Å². The Bertz CT molecular complexity index is 774. The Morgan fingerprint density at radius 2 is 1.88 bits per heavy atom. The molecule has 0 unspecified atom stereocenters. The Kier molecular flexibility index (Phi) is 4.83. The van der Waals surface area contributed by atoms with Gasteiger partial charge in [0, 0.05) is 24.3 Å². The number of aromatic nitrogens is 1. The van der Waals surface area contributed by atoms with Gasteiger partial charge in [0.2, 0.25) is 0 Å². The van der Waals surface area contributed by atoms with E-state index in [2.05, 4.69) is 17.2 Å². The number of pyridine rings is 1. The Morgan fingerprint density at radius 3 is 2.56 bits per heavy atom. The van der Waals surface area contributed by atoms with Crippen LogP contribution in [-0.4, -0.2) is 23.3 Å². The molecule has 0 fully saturated rings. The van der Waals surface area contributed by atoms with Crippen molar-refractivity contribution in [3.8, 4) is 0 Å². The minimum absolute atomic E-state index is 0.122. The van der Waals surface area contributed by atoms with Crippen molar-refractivity contribution in [2.24, 2.45) is 5.92 Å². The SMILES string of the molecule is CC(C)[C@@H](NC(=O)C(=O)N1C[C@H](C)c2ccccc21)c1ccccn1. The van der Waals surface area contributed by atoms with Crippen LogP contribution in [0.5, 0.6) is 0 Å². The van der Waals surface area contributed by atoms with Crippen LogP contribution in [0.1, 0.15) is 44.0 Å². The number of carbonyl (C=O) groups excluding carboxylic acids is 2. The van der Waals surface area contributed by atoms with Crippen LogP contribution in [0.3, 0.4) is 0 Å². The molecule has 0 bridgehead atoms. The molecule has 1 aromatic carbocycles. The van der Waals surface area contributed by atoms with E-state index in [0.29, 0.717) is 6.54 Å². The molecular formula is C20H23N3O2. The molecule has 5 nitrogen and oxygen atoms in total. The fourth-order valence-corrected chi connectivity index (χ4v) is 3.28. The van der Waals surface area contributed by atoms with Crippen LogP contribution in [0.15, 0.2) is 48.7 Å². The van der Waals surface area contributed by atoms with Gasteiger partial charge in [0.1, 0.15) is 0 Å². The highest BCUT2D eigenvalue weighted by molar-refractivity contribution is 6.40. The van der Waals surface area contributed by atoms with Crippen LogP contribution in [0, 0.1) is 5.92 Å². The van der Waals surface area contributed by atoms with Gasteiger partial charge in [-0.1, -0.05) is 45.0 Å². The number of hydrogen-bond donors (Lipinski definition) is 1. The van der Waals surface area contributed by atoms with Crippen LogP contribution >= 0.6 is 0 Å². The van der Waals surface area contributed by atoms with E-state index in [1.807, 2.05) is 56.3 Å². The standard InChI is InChI=1S/C20H23N3O2/c1-13(2)18(16-9-6-7-11-21-16)22-19(24)20(25)23-12-14(3)15-8-4-5-10-17(15)23/h4-11,13-14,18H,12H2,1-3H3,(H,22,24)/t14-,18+/m0/s1. The van der Waals surface area contributed by atoms with Gasteiger partial charge in [-0.2, -0.15) is 0 Å². The average Bonchev–Trinajstić information content (AvgIpc) is 2.96. The molecule has 5 heteroatoms. The van der Waals surface area contributed by atoms with Crippen molar-refractivity contribution < 1.29 is 9.59 Å². The highest BCUT2D eigenvalue weighted by Gasteiger charge is 2.34. The second-order valence-corrected chi connectivity index (χ2v) is 6.83. The number of carbonyl (C=O) groups is 2. The molecule has 1 aliphatic rings. The van der Waals surface area contributed by atoms with Gasteiger partial charge in [0.25, 0.3) is 0 Å². The summed E-state index contributed by atoms with van der Waals surface area (Å²) in [6.07, 6.45) is 1.69. The number of amides is 2. The van der Waals surface area contributed by atoms with Crippen LogP contribution in [-0.2, 0) is 9.59 Å². The Balaban J connectivity index is 1.78. The van der Waals surface area contributed by atoms with Gasteiger partial charge in [0.15, 0.2) is 0 Å². The number of anilines is 1. The van der Waals surface area contributed by atoms with E-state index in [0.717, 1.165) is 16.9 Å². The number of fused-ring (bicyclic) bond motifs is 1. The molecule has 2 heterocycles. The molecule has 0 saturated carbocycles. The molecule has 0 spiro atoms. The monoisotopic (exact) mass is 337 g/mol. The predicted octanol–water partition coefficient (Wildman–Crippen LogP) is 3.05. The zero-order valence-corrected chi connectivity index (χ0v) is 14.8. The van der Waals surface area contributed by atoms with Crippen molar-refractivity contribution >= 4 is 17.5 Å². The largest absolute Gasteiger partial charge is 0.339 e. The number of nitrogens with zero attached hydrogens (tertiary/aromatic N) is 2. The van der Waals surface area contributed by atoms with Gasteiger partial charge >= 0.3 is 11.8 Å². The molecular weight excluding hydrogens is 314 g/mol. The second-order valence-electron chi connectivity index (χ2n) is 6.83. The predicted molar refractivity (Wildman–Crippen MR) is 97.2 cm³/mol. The van der Waals surface area contributed by atoms with E-state index in [4.69, 9.17) is 0 Å². The molecule has 2 amide bonds. The third-order valence-corrected chi connectivity index (χ3v) is 4.61. The van der Waals surface area contributed by atoms with Gasteiger partial charge in [-0.25, -0.2) is 0 Å². The van der Waals surface area contributed by atoms with E-state index in [-0.39, 0.29) is 17.9 Å². The molecule has 130 valence electrons. The summed E-state index contributed by atoms with van der Waals surface area (Å²) in [5.41, 5.74) is 2.69. The molecule has 0 aliphatic carbocycles. The summed E-state index contributed by atoms with van der Waals surface area (Å²) in [6.45, 7) is 6.59. The Labute approximate surface area is 148 Å². The van der Waals surface area contributed by atoms with Crippen molar-refractivity contribution in [3.63, 3.8) is 0 Å². The Hall–Kier alpha value is -2.69. The molecule has 0 saturated heterocycles. The maximum Gasteiger partial charge on any atom is 0.316 e. The molecule has 0 radical (unpaired) electrons. The zero-order chi connectivity index (χ0) is 18.0. The lowest BCUT2D eigenvalue weighted by atomic mass is 10.0. The van der Waals surface area contributed by atoms with Crippen LogP contribution in [0.4, 0.5) is 5.69 Å². The summed E-state index contributed by atoms with van der Waals surface area (Å²) in [5, 5.41) is 2.86. The zero-order valence-electron chi connectivity index (χ0n) is 14.8. The molecule has 2 atom stereocenters. The Morgan fingerprint density at radius 1 is 1.16 bits per heavy atom. The summed E-state index contributed by atoms with van der Waals surface area (Å²) in [5.74, 6) is -0.757. The summed E-state index contributed by atoms with van der Waals surface area (Å²) in [6, 6.07) is 13.0. The molecule has 25 heavy (non-hydrogen) atoms. The molecule has 1 aromatic heterocycles. The topological polar surface area (TPSA) is 62.3 Å². The van der Waals surface area contributed by atoms with Crippen molar-refractivity contribution in [1.29, 1.82) is 0 Å². The number of benzene rings is 1. The number of nitrogens with one attached hydrogen (secondary N) is 1. The third-order valence-electron chi connectivity index (χ3n) is 4.61. The summed E-state index contributed by atoms with van der Waals surface area (Å²) >= 11 is 0. The quantitative estimate of drug-likeness (QED) is 0.876. The first-order valence-corrected chi connectivity index (χ1v) is 8.61. The highest BCUT2D eigenvalue weighted by Crippen LogP contribution is 2.35. The summed E-state index contributed by atoms with van der Waals surface area (Å²) < 4.78 is 0. The minimum Gasteiger partial charge on any atom is -0.339 e. The van der Waals surface area contributed by atoms with E-state index in [9.17, 15) is 9.59 Å². The number of para-hydroxylation sites is 1. The fourth-order valence-electron chi connectivity index (χ4n) is 3.28. The maximum atomic E-state index is 12.7. The first-order chi connectivity index (χ1) is 12.0. The second kappa shape index (κ2) is 7.05. The first-order valence-electron chi connectivity index (χ1n) is 8.61. The smallest absolute Gasteiger partial charge is 0.316 e. The lowest BCUT2D eigenvalue weighted by Crippen LogP contribution is -2.45. The molecule has 1 aliphatic heterocycles. The highest BCUT2D eigenvalue weighted by atomic mass is 16.2. The first kappa shape index (κ1) is 17.1. The van der Waals surface area contributed by atoms with Gasteiger partial charge in [-0.15, -0.1) is 0 Å². The van der Waals surface area contributed by atoms with E-state index in [1.54, 1.807) is 11.1 Å². The van der Waals surface area contributed by atoms with Crippen LogP contribution in [0.2, 0.25) is 0 Å². The van der Waals surface area contributed by atoms with Crippen LogP contribution < -0.4 is 10.2 Å². The average molecular weight is 337 g/mol. The van der Waals surface area contributed by atoms with Crippen molar-refractivity contribution in [2.75, 3.05) is 11.4 Å². The van der Waals surface area contributed by atoms with E-state index >= 15 is 0 Å². The molecule has 2 aromatic rings.